The lowest BCUT2D eigenvalue weighted by Crippen LogP contribution is -2.18. The summed E-state index contributed by atoms with van der Waals surface area (Å²) in [5, 5.41) is 18.4. The average molecular weight is 383 g/mol. The van der Waals surface area contributed by atoms with E-state index >= 15 is 0 Å². The minimum absolute atomic E-state index is 0.00974. The summed E-state index contributed by atoms with van der Waals surface area (Å²) >= 11 is 12.2. The highest BCUT2D eigenvalue weighted by Gasteiger charge is 2.30. The van der Waals surface area contributed by atoms with Crippen LogP contribution in [-0.2, 0) is 0 Å². The molecule has 1 atom stereocenters. The van der Waals surface area contributed by atoms with Gasteiger partial charge in [0, 0.05) is 22.0 Å². The van der Waals surface area contributed by atoms with Crippen LogP contribution in [0.1, 0.15) is 23.6 Å². The molecule has 26 heavy (non-hydrogen) atoms. The molecule has 3 aromatic rings. The molecule has 5 heteroatoms. The van der Waals surface area contributed by atoms with E-state index in [-0.39, 0.29) is 11.8 Å². The van der Waals surface area contributed by atoms with E-state index in [1.165, 1.54) is 0 Å². The third-order valence-corrected chi connectivity index (χ3v) is 4.94. The van der Waals surface area contributed by atoms with Gasteiger partial charge in [-0.3, -0.25) is 5.01 Å². The Hall–Kier alpha value is -2.49. The van der Waals surface area contributed by atoms with Gasteiger partial charge >= 0.3 is 0 Å². The van der Waals surface area contributed by atoms with Gasteiger partial charge in [0.1, 0.15) is 5.75 Å². The summed E-state index contributed by atoms with van der Waals surface area (Å²) < 4.78 is 0. The van der Waals surface area contributed by atoms with E-state index in [1.807, 2.05) is 65.7 Å². The van der Waals surface area contributed by atoms with Crippen LogP contribution in [0.2, 0.25) is 10.0 Å². The lowest BCUT2D eigenvalue weighted by Gasteiger charge is -2.24. The summed E-state index contributed by atoms with van der Waals surface area (Å²) in [6.07, 6.45) is 0.667. The molecule has 3 nitrogen and oxygen atoms in total. The Balaban J connectivity index is 1.78. The van der Waals surface area contributed by atoms with E-state index in [4.69, 9.17) is 28.3 Å². The second-order valence-electron chi connectivity index (χ2n) is 6.16. The second-order valence-corrected chi connectivity index (χ2v) is 7.03. The monoisotopic (exact) mass is 382 g/mol. The fraction of sp³-hybridized carbons (Fsp3) is 0.0952. The van der Waals surface area contributed by atoms with Crippen LogP contribution in [0.4, 0.5) is 5.69 Å². The van der Waals surface area contributed by atoms with Gasteiger partial charge in [0.25, 0.3) is 0 Å². The van der Waals surface area contributed by atoms with Crippen molar-refractivity contribution in [3.05, 3.63) is 94.0 Å². The van der Waals surface area contributed by atoms with E-state index in [2.05, 4.69) is 0 Å². The number of nitrogens with zero attached hydrogens (tertiary/aromatic N) is 2. The summed E-state index contributed by atoms with van der Waals surface area (Å²) in [6.45, 7) is 0. The molecule has 0 saturated carbocycles. The minimum Gasteiger partial charge on any atom is -0.507 e. The van der Waals surface area contributed by atoms with Crippen LogP contribution in [0.25, 0.3) is 0 Å². The van der Waals surface area contributed by atoms with Crippen molar-refractivity contribution in [3.63, 3.8) is 0 Å². The molecule has 0 amide bonds. The van der Waals surface area contributed by atoms with E-state index in [9.17, 15) is 5.11 Å². The molecule has 0 spiro atoms. The summed E-state index contributed by atoms with van der Waals surface area (Å²) in [5.74, 6) is 0.231. The van der Waals surface area contributed by atoms with Crippen LogP contribution in [0, 0.1) is 0 Å². The van der Waals surface area contributed by atoms with Crippen molar-refractivity contribution in [2.24, 2.45) is 5.10 Å². The zero-order chi connectivity index (χ0) is 18.1. The number of anilines is 1. The zero-order valence-corrected chi connectivity index (χ0v) is 15.3. The molecule has 0 saturated heterocycles. The second kappa shape index (κ2) is 7.02. The molecule has 0 radical (unpaired) electrons. The number of aromatic hydroxyl groups is 1. The number of benzene rings is 3. The fourth-order valence-corrected chi connectivity index (χ4v) is 3.52. The summed E-state index contributed by atoms with van der Waals surface area (Å²) in [6, 6.07) is 22.6. The van der Waals surface area contributed by atoms with Crippen LogP contribution < -0.4 is 5.01 Å². The van der Waals surface area contributed by atoms with Gasteiger partial charge in [0.15, 0.2) is 0 Å². The van der Waals surface area contributed by atoms with Gasteiger partial charge in [-0.15, -0.1) is 0 Å². The average Bonchev–Trinajstić information content (AvgIpc) is 3.08. The smallest absolute Gasteiger partial charge is 0.124 e. The summed E-state index contributed by atoms with van der Waals surface area (Å²) in [5.41, 5.74) is 3.59. The van der Waals surface area contributed by atoms with Crippen molar-refractivity contribution in [3.8, 4) is 5.75 Å². The Labute approximate surface area is 162 Å². The first-order chi connectivity index (χ1) is 12.6. The molecular formula is C21H16Cl2N2O. The molecule has 1 unspecified atom stereocenters. The fourth-order valence-electron chi connectivity index (χ4n) is 3.20. The molecule has 0 bridgehead atoms. The van der Waals surface area contributed by atoms with Crippen molar-refractivity contribution in [2.75, 3.05) is 5.01 Å². The van der Waals surface area contributed by atoms with Gasteiger partial charge in [0.05, 0.1) is 17.4 Å². The number of phenols is 1. The number of hydrazone groups is 1. The number of hydrogen-bond donors (Lipinski definition) is 1. The first-order valence-corrected chi connectivity index (χ1v) is 9.03. The highest BCUT2D eigenvalue weighted by molar-refractivity contribution is 6.31. The zero-order valence-electron chi connectivity index (χ0n) is 13.8. The van der Waals surface area contributed by atoms with Gasteiger partial charge in [-0.05, 0) is 54.1 Å². The molecule has 1 aliphatic heterocycles. The maximum absolute atomic E-state index is 10.2. The SMILES string of the molecule is Oc1ccccc1C1=NN(c2ccc(Cl)cc2)C(c2cccc(Cl)c2)C1. The third kappa shape index (κ3) is 3.28. The maximum Gasteiger partial charge on any atom is 0.124 e. The van der Waals surface area contributed by atoms with Crippen LogP contribution in [0.3, 0.4) is 0 Å². The number of phenolic OH excluding ortho intramolecular Hbond substituents is 1. The topological polar surface area (TPSA) is 35.8 Å². The number of halogens is 2. The van der Waals surface area contributed by atoms with Crippen LogP contribution in [0.5, 0.6) is 5.75 Å². The van der Waals surface area contributed by atoms with Crippen LogP contribution in [-0.4, -0.2) is 10.8 Å². The molecule has 0 aromatic heterocycles. The summed E-state index contributed by atoms with van der Waals surface area (Å²) in [7, 11) is 0. The Morgan fingerprint density at radius 2 is 1.65 bits per heavy atom. The first-order valence-electron chi connectivity index (χ1n) is 8.28. The lowest BCUT2D eigenvalue weighted by molar-refractivity contribution is 0.474. The Morgan fingerprint density at radius 3 is 2.38 bits per heavy atom. The van der Waals surface area contributed by atoms with Gasteiger partial charge < -0.3 is 5.11 Å². The van der Waals surface area contributed by atoms with Crippen molar-refractivity contribution in [1.82, 2.24) is 0 Å². The van der Waals surface area contributed by atoms with Crippen molar-refractivity contribution >= 4 is 34.6 Å². The highest BCUT2D eigenvalue weighted by Crippen LogP contribution is 2.38. The molecular weight excluding hydrogens is 367 g/mol. The molecule has 3 aromatic carbocycles. The quantitative estimate of drug-likeness (QED) is 0.597. The number of rotatable bonds is 3. The predicted molar refractivity (Wildman–Crippen MR) is 107 cm³/mol. The van der Waals surface area contributed by atoms with E-state index in [0.717, 1.165) is 22.5 Å². The third-order valence-electron chi connectivity index (χ3n) is 4.45. The largest absolute Gasteiger partial charge is 0.507 e. The first kappa shape index (κ1) is 17.0. The minimum atomic E-state index is -0.00974. The van der Waals surface area contributed by atoms with Crippen molar-refractivity contribution < 1.29 is 5.11 Å². The van der Waals surface area contributed by atoms with Crippen molar-refractivity contribution in [2.45, 2.75) is 12.5 Å². The molecule has 1 heterocycles. The van der Waals surface area contributed by atoms with E-state index in [0.29, 0.717) is 16.5 Å². The number of para-hydroxylation sites is 1. The molecule has 4 rings (SSSR count). The summed E-state index contributed by atoms with van der Waals surface area (Å²) in [4.78, 5) is 0. The molecule has 130 valence electrons. The highest BCUT2D eigenvalue weighted by atomic mass is 35.5. The number of hydrogen-bond acceptors (Lipinski definition) is 3. The molecule has 1 aliphatic rings. The normalized spacial score (nSPS) is 16.6. The Kier molecular flexibility index (Phi) is 4.58. The molecule has 1 N–H and O–H groups in total. The lowest BCUT2D eigenvalue weighted by atomic mass is 9.98. The molecule has 0 fully saturated rings. The Morgan fingerprint density at radius 1 is 0.885 bits per heavy atom. The predicted octanol–water partition coefficient (Wildman–Crippen LogP) is 6.05. The molecule has 0 aliphatic carbocycles. The maximum atomic E-state index is 10.2. The van der Waals surface area contributed by atoms with Gasteiger partial charge in [-0.2, -0.15) is 5.10 Å². The standard InChI is InChI=1S/C21H16Cl2N2O/c22-15-8-10-17(11-9-15)25-20(14-4-3-5-16(23)12-14)13-19(24-25)18-6-1-2-7-21(18)26/h1-12,20,26H,13H2. The van der Waals surface area contributed by atoms with Crippen LogP contribution in [0.15, 0.2) is 77.9 Å². The van der Waals surface area contributed by atoms with E-state index < -0.39 is 0 Å². The van der Waals surface area contributed by atoms with Gasteiger partial charge in [-0.1, -0.05) is 47.5 Å². The van der Waals surface area contributed by atoms with Gasteiger partial charge in [-0.25, -0.2) is 0 Å². The van der Waals surface area contributed by atoms with Crippen molar-refractivity contribution in [1.29, 1.82) is 0 Å². The van der Waals surface area contributed by atoms with Crippen LogP contribution >= 0.6 is 23.2 Å². The van der Waals surface area contributed by atoms with Gasteiger partial charge in [0.2, 0.25) is 0 Å². The Bertz CT molecular complexity index is 970. The van der Waals surface area contributed by atoms with E-state index in [1.54, 1.807) is 12.1 Å².